The highest BCUT2D eigenvalue weighted by Gasteiger charge is 2.34. The van der Waals surface area contributed by atoms with E-state index in [0.29, 0.717) is 19.5 Å². The number of amides is 1. The van der Waals surface area contributed by atoms with Crippen LogP contribution in [0.2, 0.25) is 0 Å². The zero-order valence-electron chi connectivity index (χ0n) is 15.9. The molecule has 27 heavy (non-hydrogen) atoms. The van der Waals surface area contributed by atoms with E-state index in [1.54, 1.807) is 9.47 Å². The molecule has 1 fully saturated rings. The Bertz CT molecular complexity index is 990. The number of para-hydroxylation sites is 2. The van der Waals surface area contributed by atoms with E-state index < -0.39 is 9.84 Å². The second-order valence-corrected chi connectivity index (χ2v) is 9.33. The highest BCUT2D eigenvalue weighted by atomic mass is 32.2. The van der Waals surface area contributed by atoms with E-state index in [1.165, 1.54) is 4.57 Å². The molecule has 1 aliphatic rings. The van der Waals surface area contributed by atoms with Crippen LogP contribution in [-0.2, 0) is 27.7 Å². The molecule has 8 heteroatoms. The number of unbranched alkanes of at least 4 members (excludes halogenated alkanes) is 1. The molecule has 1 atom stereocenters. The number of aryl methyl sites for hydroxylation is 1. The molecule has 1 saturated heterocycles. The number of imidazole rings is 1. The molecule has 0 bridgehead atoms. The van der Waals surface area contributed by atoms with Crippen molar-refractivity contribution < 1.29 is 13.2 Å². The van der Waals surface area contributed by atoms with Gasteiger partial charge >= 0.3 is 5.69 Å². The van der Waals surface area contributed by atoms with Crippen molar-refractivity contribution in [1.29, 1.82) is 0 Å². The Labute approximate surface area is 159 Å². The number of aromatic nitrogens is 2. The van der Waals surface area contributed by atoms with E-state index in [0.717, 1.165) is 23.9 Å². The van der Waals surface area contributed by atoms with Gasteiger partial charge in [-0.25, -0.2) is 13.2 Å². The summed E-state index contributed by atoms with van der Waals surface area (Å²) in [5, 5.41) is 0. The monoisotopic (exact) mass is 393 g/mol. The van der Waals surface area contributed by atoms with Crippen LogP contribution in [0.3, 0.4) is 0 Å². The number of rotatable bonds is 7. The van der Waals surface area contributed by atoms with Gasteiger partial charge in [0.15, 0.2) is 9.84 Å². The minimum absolute atomic E-state index is 0.0219. The van der Waals surface area contributed by atoms with Crippen LogP contribution in [0, 0.1) is 0 Å². The van der Waals surface area contributed by atoms with Crippen molar-refractivity contribution in [2.75, 3.05) is 18.1 Å². The number of carbonyl (C=O) groups excluding carboxylic acids is 1. The second kappa shape index (κ2) is 7.88. The smallest absolute Gasteiger partial charge is 0.329 e. The molecular weight excluding hydrogens is 366 g/mol. The van der Waals surface area contributed by atoms with E-state index in [9.17, 15) is 18.0 Å². The van der Waals surface area contributed by atoms with Gasteiger partial charge in [-0.05, 0) is 31.9 Å². The van der Waals surface area contributed by atoms with Gasteiger partial charge in [-0.1, -0.05) is 25.5 Å². The minimum Gasteiger partial charge on any atom is -0.337 e. The summed E-state index contributed by atoms with van der Waals surface area (Å²) in [5.41, 5.74) is 1.33. The van der Waals surface area contributed by atoms with E-state index >= 15 is 0 Å². The van der Waals surface area contributed by atoms with Crippen LogP contribution in [0.1, 0.15) is 33.1 Å². The van der Waals surface area contributed by atoms with Crippen molar-refractivity contribution >= 4 is 26.8 Å². The molecule has 3 rings (SSSR count). The van der Waals surface area contributed by atoms with Gasteiger partial charge in [0.2, 0.25) is 5.91 Å². The lowest BCUT2D eigenvalue weighted by Crippen LogP contribution is -2.44. The van der Waals surface area contributed by atoms with Crippen molar-refractivity contribution in [1.82, 2.24) is 14.0 Å². The van der Waals surface area contributed by atoms with Crippen molar-refractivity contribution in [3.05, 3.63) is 34.7 Å². The fourth-order valence-electron chi connectivity index (χ4n) is 3.82. The highest BCUT2D eigenvalue weighted by Crippen LogP contribution is 2.20. The summed E-state index contributed by atoms with van der Waals surface area (Å²) < 4.78 is 26.9. The maximum atomic E-state index is 13.1. The molecule has 0 N–H and O–H groups in total. The predicted molar refractivity (Wildman–Crippen MR) is 106 cm³/mol. The van der Waals surface area contributed by atoms with E-state index in [1.807, 2.05) is 38.1 Å². The quantitative estimate of drug-likeness (QED) is 0.716. The highest BCUT2D eigenvalue weighted by molar-refractivity contribution is 7.91. The lowest BCUT2D eigenvalue weighted by atomic mass is 10.2. The lowest BCUT2D eigenvalue weighted by molar-refractivity contribution is -0.133. The average Bonchev–Trinajstić information content (AvgIpc) is 3.12. The number of sulfone groups is 1. The van der Waals surface area contributed by atoms with Gasteiger partial charge in [0, 0.05) is 19.1 Å². The normalized spacial score (nSPS) is 18.8. The number of hydrogen-bond donors (Lipinski definition) is 0. The van der Waals surface area contributed by atoms with Crippen LogP contribution in [0.15, 0.2) is 29.1 Å². The molecular formula is C19H27N3O4S. The third-order valence-corrected chi connectivity index (χ3v) is 7.01. The van der Waals surface area contributed by atoms with Gasteiger partial charge in [0.1, 0.15) is 6.54 Å². The van der Waals surface area contributed by atoms with Crippen LogP contribution >= 0.6 is 0 Å². The Hall–Kier alpha value is -2.09. The van der Waals surface area contributed by atoms with E-state index in [2.05, 4.69) is 0 Å². The van der Waals surface area contributed by atoms with Crippen molar-refractivity contribution in [2.24, 2.45) is 0 Å². The fraction of sp³-hybridized carbons (Fsp3) is 0.579. The fourth-order valence-corrected chi connectivity index (χ4v) is 5.55. The molecule has 1 aliphatic heterocycles. The van der Waals surface area contributed by atoms with Crippen molar-refractivity contribution in [3.63, 3.8) is 0 Å². The summed E-state index contributed by atoms with van der Waals surface area (Å²) in [6, 6.07) is 7.15. The third-order valence-electron chi connectivity index (χ3n) is 5.26. The standard InChI is InChI=1S/C19H27N3O4S/c1-3-5-11-21(15-10-12-27(25,26)14-15)18(23)13-22-17-9-7-6-8-16(17)20(4-2)19(22)24/h6-9,15H,3-5,10-14H2,1-2H3. The first-order valence-corrected chi connectivity index (χ1v) is 11.4. The van der Waals surface area contributed by atoms with Crippen molar-refractivity contribution in [2.45, 2.75) is 52.2 Å². The van der Waals surface area contributed by atoms with Gasteiger partial charge in [0.05, 0.1) is 22.5 Å². The molecule has 2 heterocycles. The molecule has 7 nitrogen and oxygen atoms in total. The maximum Gasteiger partial charge on any atom is 0.329 e. The van der Waals surface area contributed by atoms with Gasteiger partial charge in [0.25, 0.3) is 0 Å². The van der Waals surface area contributed by atoms with Crippen molar-refractivity contribution in [3.8, 4) is 0 Å². The number of benzene rings is 1. The molecule has 0 spiro atoms. The Morgan fingerprint density at radius 2 is 1.85 bits per heavy atom. The molecule has 1 aromatic carbocycles. The summed E-state index contributed by atoms with van der Waals surface area (Å²) in [4.78, 5) is 27.5. The van der Waals surface area contributed by atoms with E-state index in [4.69, 9.17) is 0 Å². The largest absolute Gasteiger partial charge is 0.337 e. The first-order valence-electron chi connectivity index (χ1n) is 9.56. The average molecular weight is 394 g/mol. The Morgan fingerprint density at radius 3 is 2.41 bits per heavy atom. The molecule has 2 aromatic rings. The molecule has 0 saturated carbocycles. The molecule has 0 radical (unpaired) electrons. The molecule has 148 valence electrons. The van der Waals surface area contributed by atoms with Gasteiger partial charge in [-0.3, -0.25) is 13.9 Å². The Morgan fingerprint density at radius 1 is 1.19 bits per heavy atom. The minimum atomic E-state index is -3.08. The summed E-state index contributed by atoms with van der Waals surface area (Å²) in [7, 11) is -3.08. The van der Waals surface area contributed by atoms with Crippen LogP contribution < -0.4 is 5.69 Å². The summed E-state index contributed by atoms with van der Waals surface area (Å²) in [6.07, 6.45) is 2.20. The topological polar surface area (TPSA) is 81.4 Å². The third kappa shape index (κ3) is 3.95. The van der Waals surface area contributed by atoms with Crippen LogP contribution in [-0.4, -0.2) is 52.5 Å². The number of nitrogens with zero attached hydrogens (tertiary/aromatic N) is 3. The molecule has 1 aromatic heterocycles. The lowest BCUT2D eigenvalue weighted by Gasteiger charge is -2.28. The maximum absolute atomic E-state index is 13.1. The van der Waals surface area contributed by atoms with Crippen LogP contribution in [0.4, 0.5) is 0 Å². The van der Waals surface area contributed by atoms with E-state index in [-0.39, 0.29) is 35.7 Å². The zero-order valence-corrected chi connectivity index (χ0v) is 16.7. The first-order chi connectivity index (χ1) is 12.9. The molecule has 1 amide bonds. The molecule has 0 aliphatic carbocycles. The Kier molecular flexibility index (Phi) is 5.74. The predicted octanol–water partition coefficient (Wildman–Crippen LogP) is 1.64. The molecule has 1 unspecified atom stereocenters. The summed E-state index contributed by atoms with van der Waals surface area (Å²) >= 11 is 0. The van der Waals surface area contributed by atoms with Crippen LogP contribution in [0.25, 0.3) is 11.0 Å². The Balaban J connectivity index is 1.91. The number of carbonyl (C=O) groups is 1. The zero-order chi connectivity index (χ0) is 19.6. The van der Waals surface area contributed by atoms with Gasteiger partial charge in [-0.15, -0.1) is 0 Å². The van der Waals surface area contributed by atoms with Crippen LogP contribution in [0.5, 0.6) is 0 Å². The second-order valence-electron chi connectivity index (χ2n) is 7.10. The number of hydrogen-bond acceptors (Lipinski definition) is 4. The summed E-state index contributed by atoms with van der Waals surface area (Å²) in [6.45, 7) is 4.93. The first kappa shape index (κ1) is 19.7. The van der Waals surface area contributed by atoms with Gasteiger partial charge < -0.3 is 4.90 Å². The van der Waals surface area contributed by atoms with Gasteiger partial charge in [-0.2, -0.15) is 0 Å². The number of fused-ring (bicyclic) bond motifs is 1. The SMILES string of the molecule is CCCCN(C(=O)Cn1c(=O)n(CC)c2ccccc21)C1CCS(=O)(=O)C1. The summed E-state index contributed by atoms with van der Waals surface area (Å²) in [5.74, 6) is -0.0387.